The molecular weight excluding hydrogens is 733 g/mol. The Labute approximate surface area is 365 Å². The lowest BCUT2D eigenvalue weighted by Gasteiger charge is -2.18. The van der Waals surface area contributed by atoms with Crippen molar-refractivity contribution in [2.75, 3.05) is 13.2 Å². The molecule has 1 atom stereocenters. The first-order valence-electron chi connectivity index (χ1n) is 25.1. The summed E-state index contributed by atoms with van der Waals surface area (Å²) in [5.74, 6) is -0.913. The second-order valence-corrected chi connectivity index (χ2v) is 16.7. The Balaban J connectivity index is 4.40. The second-order valence-electron chi connectivity index (χ2n) is 16.7. The molecule has 0 aliphatic carbocycles. The van der Waals surface area contributed by atoms with Crippen LogP contribution < -0.4 is 0 Å². The van der Waals surface area contributed by atoms with E-state index in [1.54, 1.807) is 0 Å². The summed E-state index contributed by atoms with van der Waals surface area (Å²) in [6.45, 7) is 6.54. The van der Waals surface area contributed by atoms with Crippen LogP contribution in [0.1, 0.15) is 252 Å². The summed E-state index contributed by atoms with van der Waals surface area (Å²) in [5.41, 5.74) is 0. The molecule has 0 bridgehead atoms. The molecule has 6 heteroatoms. The van der Waals surface area contributed by atoms with Crippen molar-refractivity contribution in [1.82, 2.24) is 0 Å². The number of ether oxygens (including phenoxy) is 3. The highest BCUT2D eigenvalue weighted by molar-refractivity contribution is 5.71. The minimum atomic E-state index is -0.784. The maximum absolute atomic E-state index is 12.8. The number of unbranched alkanes of at least 4 members (excludes halogenated alkanes) is 26. The van der Waals surface area contributed by atoms with Gasteiger partial charge >= 0.3 is 17.9 Å². The van der Waals surface area contributed by atoms with Gasteiger partial charge in [0.05, 0.1) is 0 Å². The maximum Gasteiger partial charge on any atom is 0.306 e. The summed E-state index contributed by atoms with van der Waals surface area (Å²) in [7, 11) is 0. The number of hydrogen-bond donors (Lipinski definition) is 0. The highest BCUT2D eigenvalue weighted by Crippen LogP contribution is 2.14. The Morgan fingerprint density at radius 3 is 1.03 bits per heavy atom. The average molecular weight is 827 g/mol. The fourth-order valence-corrected chi connectivity index (χ4v) is 6.92. The van der Waals surface area contributed by atoms with Gasteiger partial charge in [0.25, 0.3) is 0 Å². The van der Waals surface area contributed by atoms with E-state index in [0.29, 0.717) is 19.3 Å². The molecule has 59 heavy (non-hydrogen) atoms. The van der Waals surface area contributed by atoms with E-state index in [-0.39, 0.29) is 31.1 Å². The van der Waals surface area contributed by atoms with Crippen LogP contribution in [0.15, 0.2) is 48.6 Å². The van der Waals surface area contributed by atoms with Crippen LogP contribution in [-0.2, 0) is 28.6 Å². The van der Waals surface area contributed by atoms with E-state index in [1.165, 1.54) is 116 Å². The highest BCUT2D eigenvalue weighted by Gasteiger charge is 2.19. The van der Waals surface area contributed by atoms with Gasteiger partial charge in [-0.05, 0) is 96.3 Å². The number of carbonyl (C=O) groups excluding carboxylic acids is 3. The summed E-state index contributed by atoms with van der Waals surface area (Å²) < 4.78 is 16.7. The summed E-state index contributed by atoms with van der Waals surface area (Å²) in [4.78, 5) is 37.9. The number of carbonyl (C=O) groups is 3. The standard InChI is InChI=1S/C53H94O6/c1-4-7-10-13-16-19-22-24-26-28-31-34-37-40-43-46-52(55)58-49-50(48-57-51(54)45-42-39-36-33-30-21-18-15-12-9-6-3)59-53(56)47-44-41-38-35-32-29-27-25-23-20-17-14-11-8-5-2/h15-16,18-19,24-27,50H,4-14,17,20-23,28-49H2,1-3H3/b18-15-,19-16-,26-24-,27-25-/t50-/m0/s1. The second kappa shape index (κ2) is 48.0. The molecule has 0 heterocycles. The molecule has 0 aromatic heterocycles. The predicted molar refractivity (Wildman–Crippen MR) is 252 cm³/mol. The van der Waals surface area contributed by atoms with E-state index >= 15 is 0 Å². The maximum atomic E-state index is 12.8. The Kier molecular flexibility index (Phi) is 45.9. The molecule has 0 spiro atoms. The SMILES string of the molecule is CCCC/C=C\CCCCCCCC(=O)OC[C@@H](COC(=O)CCCCCCC/C=C\C/C=C\CCCCC)OC(=O)CCCCCCC/C=C\CCCCCCCC. The van der Waals surface area contributed by atoms with Crippen LogP contribution >= 0.6 is 0 Å². The van der Waals surface area contributed by atoms with Gasteiger partial charge in [0.1, 0.15) is 13.2 Å². The van der Waals surface area contributed by atoms with Gasteiger partial charge in [-0.1, -0.05) is 185 Å². The predicted octanol–water partition coefficient (Wildman–Crippen LogP) is 16.3. The molecule has 0 saturated heterocycles. The normalized spacial score (nSPS) is 12.4. The van der Waals surface area contributed by atoms with Crippen molar-refractivity contribution < 1.29 is 28.6 Å². The van der Waals surface area contributed by atoms with Gasteiger partial charge in [-0.25, -0.2) is 0 Å². The molecule has 0 aliphatic rings. The molecule has 0 radical (unpaired) electrons. The van der Waals surface area contributed by atoms with Crippen LogP contribution in [0.3, 0.4) is 0 Å². The molecule has 0 N–H and O–H groups in total. The molecule has 0 unspecified atom stereocenters. The third-order valence-corrected chi connectivity index (χ3v) is 10.8. The molecule has 6 nitrogen and oxygen atoms in total. The lowest BCUT2D eigenvalue weighted by atomic mass is 10.1. The van der Waals surface area contributed by atoms with Crippen molar-refractivity contribution in [3.63, 3.8) is 0 Å². The molecule has 342 valence electrons. The van der Waals surface area contributed by atoms with E-state index in [0.717, 1.165) is 96.3 Å². The van der Waals surface area contributed by atoms with Crippen LogP contribution in [0.4, 0.5) is 0 Å². The third-order valence-electron chi connectivity index (χ3n) is 10.8. The Hall–Kier alpha value is -2.63. The molecule has 0 fully saturated rings. The van der Waals surface area contributed by atoms with E-state index in [4.69, 9.17) is 14.2 Å². The zero-order valence-electron chi connectivity index (χ0n) is 39.0. The molecular formula is C53H94O6. The summed E-state index contributed by atoms with van der Waals surface area (Å²) in [6, 6.07) is 0. The van der Waals surface area contributed by atoms with Crippen molar-refractivity contribution in [2.45, 2.75) is 258 Å². The van der Waals surface area contributed by atoms with Crippen molar-refractivity contribution in [3.8, 4) is 0 Å². The molecule has 0 saturated carbocycles. The molecule has 0 aliphatic heterocycles. The number of hydrogen-bond acceptors (Lipinski definition) is 6. The van der Waals surface area contributed by atoms with Crippen LogP contribution in [0.25, 0.3) is 0 Å². The van der Waals surface area contributed by atoms with Gasteiger partial charge in [0, 0.05) is 19.3 Å². The fraction of sp³-hybridized carbons (Fsp3) is 0.792. The minimum absolute atomic E-state index is 0.0850. The van der Waals surface area contributed by atoms with Crippen molar-refractivity contribution in [1.29, 1.82) is 0 Å². The van der Waals surface area contributed by atoms with Crippen molar-refractivity contribution in [3.05, 3.63) is 48.6 Å². The van der Waals surface area contributed by atoms with Crippen molar-refractivity contribution in [2.24, 2.45) is 0 Å². The summed E-state index contributed by atoms with van der Waals surface area (Å²) in [5, 5.41) is 0. The van der Waals surface area contributed by atoms with E-state index < -0.39 is 6.10 Å². The minimum Gasteiger partial charge on any atom is -0.462 e. The lowest BCUT2D eigenvalue weighted by Crippen LogP contribution is -2.30. The monoisotopic (exact) mass is 827 g/mol. The largest absolute Gasteiger partial charge is 0.462 e. The van der Waals surface area contributed by atoms with E-state index in [2.05, 4.69) is 69.4 Å². The topological polar surface area (TPSA) is 78.9 Å². The van der Waals surface area contributed by atoms with Crippen LogP contribution in [0, 0.1) is 0 Å². The molecule has 0 aromatic carbocycles. The first-order valence-corrected chi connectivity index (χ1v) is 25.1. The van der Waals surface area contributed by atoms with Gasteiger partial charge in [0.2, 0.25) is 0 Å². The van der Waals surface area contributed by atoms with E-state index in [1.807, 2.05) is 0 Å². The van der Waals surface area contributed by atoms with Gasteiger partial charge in [-0.2, -0.15) is 0 Å². The van der Waals surface area contributed by atoms with Gasteiger partial charge < -0.3 is 14.2 Å². The third kappa shape index (κ3) is 46.3. The summed E-state index contributed by atoms with van der Waals surface area (Å²) >= 11 is 0. The first kappa shape index (κ1) is 56.4. The summed E-state index contributed by atoms with van der Waals surface area (Å²) in [6.07, 6.45) is 56.6. The number of esters is 3. The zero-order valence-corrected chi connectivity index (χ0v) is 39.0. The fourth-order valence-electron chi connectivity index (χ4n) is 6.92. The Morgan fingerprint density at radius 1 is 0.339 bits per heavy atom. The van der Waals surface area contributed by atoms with Crippen LogP contribution in [0.2, 0.25) is 0 Å². The lowest BCUT2D eigenvalue weighted by molar-refractivity contribution is -0.167. The molecule has 0 aromatic rings. The number of allylic oxidation sites excluding steroid dienone is 8. The van der Waals surface area contributed by atoms with Crippen LogP contribution in [0.5, 0.6) is 0 Å². The van der Waals surface area contributed by atoms with Crippen LogP contribution in [-0.4, -0.2) is 37.2 Å². The first-order chi connectivity index (χ1) is 29.0. The highest BCUT2D eigenvalue weighted by atomic mass is 16.6. The Morgan fingerprint density at radius 2 is 0.627 bits per heavy atom. The van der Waals surface area contributed by atoms with Gasteiger partial charge in [-0.3, -0.25) is 14.4 Å². The molecule has 0 rings (SSSR count). The van der Waals surface area contributed by atoms with Crippen molar-refractivity contribution >= 4 is 17.9 Å². The quantitative estimate of drug-likeness (QED) is 0.0263. The van der Waals surface area contributed by atoms with Gasteiger partial charge in [-0.15, -0.1) is 0 Å². The average Bonchev–Trinajstić information content (AvgIpc) is 3.23. The van der Waals surface area contributed by atoms with Gasteiger partial charge in [0.15, 0.2) is 6.10 Å². The Bertz CT molecular complexity index is 1040. The smallest absolute Gasteiger partial charge is 0.306 e. The van der Waals surface area contributed by atoms with E-state index in [9.17, 15) is 14.4 Å². The zero-order chi connectivity index (χ0) is 43.0. The number of rotatable bonds is 45. The molecule has 0 amide bonds.